The van der Waals surface area contributed by atoms with Crippen molar-refractivity contribution in [3.8, 4) is 0 Å². The van der Waals surface area contributed by atoms with Gasteiger partial charge >= 0.3 is 12.1 Å². The van der Waals surface area contributed by atoms with Gasteiger partial charge in [0.2, 0.25) is 0 Å². The first-order valence-corrected chi connectivity index (χ1v) is 5.63. The second-order valence-corrected chi connectivity index (χ2v) is 4.40. The molecular formula is C13H12F3NO2. The number of nitrogens with zero attached hydrogens (tertiary/aromatic N) is 1. The first-order valence-electron chi connectivity index (χ1n) is 5.63. The molecule has 1 aromatic carbocycles. The number of aryl methyl sites for hydroxylation is 1. The maximum Gasteiger partial charge on any atom is 0.396 e. The molecule has 19 heavy (non-hydrogen) atoms. The van der Waals surface area contributed by atoms with Gasteiger partial charge in [-0.05, 0) is 11.6 Å². The zero-order valence-corrected chi connectivity index (χ0v) is 10.1. The van der Waals surface area contributed by atoms with Gasteiger partial charge in [-0.3, -0.25) is 4.79 Å². The zero-order valence-electron chi connectivity index (χ0n) is 10.1. The molecule has 0 fully saturated rings. The predicted molar refractivity (Wildman–Crippen MR) is 64.0 cm³/mol. The predicted octanol–water partition coefficient (Wildman–Crippen LogP) is 3.30. The van der Waals surface area contributed by atoms with Crippen LogP contribution in [0.5, 0.6) is 0 Å². The number of rotatable bonds is 3. The van der Waals surface area contributed by atoms with Crippen molar-refractivity contribution in [3.05, 3.63) is 36.0 Å². The van der Waals surface area contributed by atoms with Crippen molar-refractivity contribution >= 4 is 16.9 Å². The highest BCUT2D eigenvalue weighted by Gasteiger charge is 2.43. The van der Waals surface area contributed by atoms with Crippen LogP contribution in [0.4, 0.5) is 13.2 Å². The number of benzene rings is 1. The van der Waals surface area contributed by atoms with Crippen LogP contribution >= 0.6 is 0 Å². The lowest BCUT2D eigenvalue weighted by atomic mass is 9.95. The number of hydrogen-bond acceptors (Lipinski definition) is 1. The molecular weight excluding hydrogens is 259 g/mol. The molecule has 0 amide bonds. The van der Waals surface area contributed by atoms with E-state index in [4.69, 9.17) is 5.11 Å². The number of fused-ring (bicyclic) bond motifs is 1. The van der Waals surface area contributed by atoms with E-state index in [0.717, 1.165) is 0 Å². The molecule has 3 nitrogen and oxygen atoms in total. The van der Waals surface area contributed by atoms with Crippen molar-refractivity contribution in [2.24, 2.45) is 7.05 Å². The fourth-order valence-electron chi connectivity index (χ4n) is 2.23. The molecule has 0 saturated heterocycles. The lowest BCUT2D eigenvalue weighted by molar-refractivity contribution is -0.163. The molecule has 2 rings (SSSR count). The number of hydrogen-bond donors (Lipinski definition) is 1. The Bertz CT molecular complexity index is 616. The number of carboxylic acid groups (broad SMARTS) is 1. The van der Waals surface area contributed by atoms with E-state index in [0.29, 0.717) is 10.9 Å². The van der Waals surface area contributed by atoms with E-state index in [1.54, 1.807) is 35.9 Å². The molecule has 1 atom stereocenters. The van der Waals surface area contributed by atoms with Gasteiger partial charge in [-0.2, -0.15) is 13.2 Å². The third-order valence-corrected chi connectivity index (χ3v) is 3.08. The molecule has 0 saturated carbocycles. The molecule has 0 bridgehead atoms. The molecule has 0 unspecified atom stereocenters. The molecule has 0 spiro atoms. The van der Waals surface area contributed by atoms with E-state index in [-0.39, 0.29) is 5.56 Å². The molecule has 1 heterocycles. The monoisotopic (exact) mass is 271 g/mol. The fourth-order valence-corrected chi connectivity index (χ4v) is 2.23. The van der Waals surface area contributed by atoms with Crippen LogP contribution in [0, 0.1) is 0 Å². The largest absolute Gasteiger partial charge is 0.481 e. The van der Waals surface area contributed by atoms with Gasteiger partial charge in [0.1, 0.15) is 0 Å². The van der Waals surface area contributed by atoms with Gasteiger partial charge in [0.05, 0.1) is 12.3 Å². The highest BCUT2D eigenvalue weighted by atomic mass is 19.4. The lowest BCUT2D eigenvalue weighted by Crippen LogP contribution is -2.23. The van der Waals surface area contributed by atoms with Crippen molar-refractivity contribution < 1.29 is 23.1 Å². The van der Waals surface area contributed by atoms with E-state index in [1.807, 2.05) is 0 Å². The minimum Gasteiger partial charge on any atom is -0.481 e. The second kappa shape index (κ2) is 4.60. The summed E-state index contributed by atoms with van der Waals surface area (Å²) in [5.74, 6) is -3.45. The van der Waals surface area contributed by atoms with Gasteiger partial charge in [0, 0.05) is 24.1 Å². The summed E-state index contributed by atoms with van der Waals surface area (Å²) < 4.78 is 40.7. The molecule has 1 N–H and O–H groups in total. The van der Waals surface area contributed by atoms with E-state index in [9.17, 15) is 18.0 Å². The van der Waals surface area contributed by atoms with Gasteiger partial charge in [-0.25, -0.2) is 0 Å². The minimum atomic E-state index is -4.58. The van der Waals surface area contributed by atoms with Gasteiger partial charge in [0.25, 0.3) is 0 Å². The Morgan fingerprint density at radius 2 is 2.00 bits per heavy atom. The highest BCUT2D eigenvalue weighted by Crippen LogP contribution is 2.40. The molecule has 6 heteroatoms. The maximum absolute atomic E-state index is 13.0. The molecule has 0 aliphatic heterocycles. The smallest absolute Gasteiger partial charge is 0.396 e. The van der Waals surface area contributed by atoms with Crippen molar-refractivity contribution in [1.82, 2.24) is 4.57 Å². The molecule has 1 aromatic heterocycles. The summed E-state index contributed by atoms with van der Waals surface area (Å²) in [6.07, 6.45) is -4.19. The number of halogens is 3. The number of aromatic nitrogens is 1. The van der Waals surface area contributed by atoms with Crippen LogP contribution in [0.15, 0.2) is 30.5 Å². The Hall–Kier alpha value is -1.98. The van der Waals surface area contributed by atoms with Crippen LogP contribution in [-0.4, -0.2) is 21.8 Å². The van der Waals surface area contributed by atoms with Gasteiger partial charge < -0.3 is 9.67 Å². The highest BCUT2D eigenvalue weighted by molar-refractivity contribution is 5.85. The van der Waals surface area contributed by atoms with E-state index in [1.165, 1.54) is 6.20 Å². The van der Waals surface area contributed by atoms with E-state index < -0.39 is 24.5 Å². The third-order valence-electron chi connectivity index (χ3n) is 3.08. The van der Waals surface area contributed by atoms with Crippen LogP contribution in [0.25, 0.3) is 10.9 Å². The molecule has 0 aliphatic rings. The molecule has 102 valence electrons. The summed E-state index contributed by atoms with van der Waals surface area (Å²) in [5.41, 5.74) is 0.658. The topological polar surface area (TPSA) is 42.2 Å². The van der Waals surface area contributed by atoms with Crippen molar-refractivity contribution in [2.75, 3.05) is 0 Å². The Morgan fingerprint density at radius 1 is 1.37 bits per heavy atom. The van der Waals surface area contributed by atoms with Crippen LogP contribution in [0.1, 0.15) is 17.9 Å². The summed E-state index contributed by atoms with van der Waals surface area (Å²) >= 11 is 0. The average Bonchev–Trinajstić information content (AvgIpc) is 2.63. The van der Waals surface area contributed by atoms with Gasteiger partial charge in [0.15, 0.2) is 0 Å². The van der Waals surface area contributed by atoms with Crippen LogP contribution < -0.4 is 0 Å². The number of carboxylic acids is 1. The van der Waals surface area contributed by atoms with Crippen LogP contribution in [-0.2, 0) is 11.8 Å². The zero-order chi connectivity index (χ0) is 14.2. The summed E-state index contributed by atoms with van der Waals surface area (Å²) in [6, 6.07) is 6.64. The van der Waals surface area contributed by atoms with Crippen molar-refractivity contribution in [1.29, 1.82) is 0 Å². The fraction of sp³-hybridized carbons (Fsp3) is 0.308. The Balaban J connectivity index is 2.59. The third kappa shape index (κ3) is 2.57. The Labute approximate surface area is 107 Å². The number of carbonyl (C=O) groups is 1. The Morgan fingerprint density at radius 3 is 2.58 bits per heavy atom. The van der Waals surface area contributed by atoms with Gasteiger partial charge in [-0.1, -0.05) is 18.2 Å². The van der Waals surface area contributed by atoms with Crippen LogP contribution in [0.2, 0.25) is 0 Å². The van der Waals surface area contributed by atoms with Crippen LogP contribution in [0.3, 0.4) is 0 Å². The summed E-state index contributed by atoms with van der Waals surface area (Å²) in [6.45, 7) is 0. The second-order valence-electron chi connectivity index (χ2n) is 4.40. The van der Waals surface area contributed by atoms with Gasteiger partial charge in [-0.15, -0.1) is 0 Å². The lowest BCUT2D eigenvalue weighted by Gasteiger charge is -2.18. The van der Waals surface area contributed by atoms with E-state index in [2.05, 4.69) is 0 Å². The molecule has 2 aromatic rings. The first-order chi connectivity index (χ1) is 8.80. The molecule has 0 aliphatic carbocycles. The summed E-state index contributed by atoms with van der Waals surface area (Å²) in [4.78, 5) is 10.7. The standard InChI is InChI=1S/C13H12F3NO2/c1-17-7-9(8-4-2-3-5-11(8)17)10(6-12(18)19)13(14,15)16/h2-5,7,10H,6H2,1H3,(H,18,19)/t10-/m0/s1. The summed E-state index contributed by atoms with van der Waals surface area (Å²) in [5, 5.41) is 9.12. The van der Waals surface area contributed by atoms with Crippen molar-refractivity contribution in [3.63, 3.8) is 0 Å². The minimum absolute atomic E-state index is 0.00741. The first kappa shape index (κ1) is 13.5. The average molecular weight is 271 g/mol. The molecule has 0 radical (unpaired) electrons. The number of para-hydroxylation sites is 1. The van der Waals surface area contributed by atoms with E-state index >= 15 is 0 Å². The Kier molecular flexibility index (Phi) is 3.26. The number of alkyl halides is 3. The SMILES string of the molecule is Cn1cc([C@H](CC(=O)O)C(F)(F)F)c2ccccc21. The quantitative estimate of drug-likeness (QED) is 0.930. The number of aliphatic carboxylic acids is 1. The van der Waals surface area contributed by atoms with Crippen molar-refractivity contribution in [2.45, 2.75) is 18.5 Å². The maximum atomic E-state index is 13.0. The summed E-state index contributed by atoms with van der Waals surface area (Å²) in [7, 11) is 1.64. The normalized spacial score (nSPS) is 13.7.